The summed E-state index contributed by atoms with van der Waals surface area (Å²) in [5, 5.41) is 11.6. The third kappa shape index (κ3) is 3.82. The molecule has 2 amide bonds. The number of carbonyl (C=O) groups is 2. The van der Waals surface area contributed by atoms with Gasteiger partial charge in [-0.05, 0) is 31.4 Å². The number of hydrogen-bond donors (Lipinski definition) is 1. The topological polar surface area (TPSA) is 73.2 Å². The van der Waals surface area contributed by atoms with Gasteiger partial charge < -0.3 is 10.2 Å². The first-order valence-corrected chi connectivity index (χ1v) is 7.13. The Hall–Kier alpha value is -2.35. The van der Waals surface area contributed by atoms with E-state index in [1.54, 1.807) is 4.90 Å². The third-order valence-electron chi connectivity index (χ3n) is 3.80. The predicted octanol–water partition coefficient (Wildman–Crippen LogP) is 1.63. The van der Waals surface area contributed by atoms with Crippen LogP contribution in [0.5, 0.6) is 0 Å². The van der Waals surface area contributed by atoms with E-state index < -0.39 is 0 Å². The van der Waals surface area contributed by atoms with Gasteiger partial charge in [-0.15, -0.1) is 0 Å². The van der Waals surface area contributed by atoms with Gasteiger partial charge >= 0.3 is 0 Å². The molecule has 1 aromatic rings. The first-order valence-electron chi connectivity index (χ1n) is 7.13. The molecule has 0 unspecified atom stereocenters. The van der Waals surface area contributed by atoms with E-state index >= 15 is 0 Å². The Morgan fingerprint density at radius 3 is 2.62 bits per heavy atom. The molecule has 5 heteroatoms. The lowest BCUT2D eigenvalue weighted by Crippen LogP contribution is -2.46. The zero-order valence-corrected chi connectivity index (χ0v) is 12.1. The average Bonchev–Trinajstić information content (AvgIpc) is 2.48. The largest absolute Gasteiger partial charge is 0.349 e. The summed E-state index contributed by atoms with van der Waals surface area (Å²) in [7, 11) is 0. The van der Waals surface area contributed by atoms with Crippen molar-refractivity contribution in [3.8, 4) is 6.07 Å². The minimum atomic E-state index is -0.124. The number of benzene rings is 1. The summed E-state index contributed by atoms with van der Waals surface area (Å²) in [5.74, 6) is -0.184. The van der Waals surface area contributed by atoms with Crippen LogP contribution in [0.25, 0.3) is 0 Å². The summed E-state index contributed by atoms with van der Waals surface area (Å²) in [6.45, 7) is 3.11. The van der Waals surface area contributed by atoms with Crippen molar-refractivity contribution in [1.29, 1.82) is 5.26 Å². The van der Waals surface area contributed by atoms with Gasteiger partial charge in [-0.1, -0.05) is 18.2 Å². The molecule has 0 radical (unpaired) electrons. The zero-order chi connectivity index (χ0) is 15.2. The maximum absolute atomic E-state index is 12.2. The first-order chi connectivity index (χ1) is 10.1. The Morgan fingerprint density at radius 2 is 2.00 bits per heavy atom. The molecule has 21 heavy (non-hydrogen) atoms. The van der Waals surface area contributed by atoms with Gasteiger partial charge in [0.1, 0.15) is 6.42 Å². The summed E-state index contributed by atoms with van der Waals surface area (Å²) in [6.07, 6.45) is 1.39. The number of hydrogen-bond acceptors (Lipinski definition) is 3. The highest BCUT2D eigenvalue weighted by atomic mass is 16.2. The van der Waals surface area contributed by atoms with Crippen LogP contribution in [0.1, 0.15) is 35.2 Å². The molecule has 110 valence electrons. The van der Waals surface area contributed by atoms with Crippen LogP contribution in [-0.2, 0) is 4.79 Å². The Labute approximate surface area is 124 Å². The fourth-order valence-electron chi connectivity index (χ4n) is 2.54. The number of aryl methyl sites for hydroxylation is 1. The minimum absolute atomic E-state index is 0.0603. The molecule has 0 bridgehead atoms. The van der Waals surface area contributed by atoms with E-state index in [9.17, 15) is 9.59 Å². The summed E-state index contributed by atoms with van der Waals surface area (Å²) in [4.78, 5) is 25.5. The number of carbonyl (C=O) groups excluding carboxylic acids is 2. The molecule has 0 aliphatic carbocycles. The smallest absolute Gasteiger partial charge is 0.251 e. The molecule has 1 aliphatic heterocycles. The van der Waals surface area contributed by atoms with E-state index in [2.05, 4.69) is 5.32 Å². The second-order valence-corrected chi connectivity index (χ2v) is 5.28. The molecule has 0 aromatic heterocycles. The fraction of sp³-hybridized carbons (Fsp3) is 0.438. The van der Waals surface area contributed by atoms with Crippen molar-refractivity contribution < 1.29 is 9.59 Å². The van der Waals surface area contributed by atoms with Crippen molar-refractivity contribution >= 4 is 11.8 Å². The molecule has 0 spiro atoms. The van der Waals surface area contributed by atoms with Crippen LogP contribution < -0.4 is 5.32 Å². The molecule has 1 heterocycles. The maximum atomic E-state index is 12.2. The van der Waals surface area contributed by atoms with Crippen molar-refractivity contribution in [2.45, 2.75) is 32.2 Å². The average molecular weight is 285 g/mol. The van der Waals surface area contributed by atoms with E-state index in [4.69, 9.17) is 5.26 Å². The Morgan fingerprint density at radius 1 is 1.33 bits per heavy atom. The Bertz CT molecular complexity index is 569. The molecular weight excluding hydrogens is 266 g/mol. The Balaban J connectivity index is 1.87. The number of rotatable bonds is 3. The van der Waals surface area contributed by atoms with E-state index in [1.165, 1.54) is 0 Å². The fourth-order valence-corrected chi connectivity index (χ4v) is 2.54. The normalized spacial score (nSPS) is 15.3. The van der Waals surface area contributed by atoms with E-state index in [0.29, 0.717) is 18.7 Å². The quantitative estimate of drug-likeness (QED) is 0.917. The van der Waals surface area contributed by atoms with E-state index in [1.807, 2.05) is 37.3 Å². The molecule has 2 rings (SSSR count). The second kappa shape index (κ2) is 6.89. The lowest BCUT2D eigenvalue weighted by Gasteiger charge is -2.32. The van der Waals surface area contributed by atoms with Crippen LogP contribution in [0, 0.1) is 18.3 Å². The molecule has 1 saturated heterocycles. The number of nitrogens with one attached hydrogen (secondary N) is 1. The van der Waals surface area contributed by atoms with Crippen molar-refractivity contribution in [2.24, 2.45) is 0 Å². The van der Waals surface area contributed by atoms with Crippen molar-refractivity contribution in [1.82, 2.24) is 10.2 Å². The Kier molecular flexibility index (Phi) is 4.94. The third-order valence-corrected chi connectivity index (χ3v) is 3.80. The standard InChI is InChI=1S/C16H19N3O2/c1-12-4-2-3-5-14(12)16(21)18-13-7-10-19(11-8-13)15(20)6-9-17/h2-5,13H,6-8,10-11H2,1H3,(H,18,21). The first kappa shape index (κ1) is 15.0. The predicted molar refractivity (Wildman–Crippen MR) is 78.5 cm³/mol. The van der Waals surface area contributed by atoms with E-state index in [0.717, 1.165) is 18.4 Å². The monoisotopic (exact) mass is 285 g/mol. The van der Waals surface area contributed by atoms with Gasteiger partial charge in [0.15, 0.2) is 0 Å². The molecule has 1 aliphatic rings. The van der Waals surface area contributed by atoms with E-state index in [-0.39, 0.29) is 24.3 Å². The minimum Gasteiger partial charge on any atom is -0.349 e. The summed E-state index contributed by atoms with van der Waals surface area (Å²) in [5.41, 5.74) is 1.65. The highest BCUT2D eigenvalue weighted by molar-refractivity contribution is 5.95. The van der Waals surface area contributed by atoms with Gasteiger partial charge in [-0.3, -0.25) is 9.59 Å². The second-order valence-electron chi connectivity index (χ2n) is 5.28. The van der Waals surface area contributed by atoms with Crippen molar-refractivity contribution in [3.63, 3.8) is 0 Å². The van der Waals surface area contributed by atoms with Gasteiger partial charge in [0, 0.05) is 24.7 Å². The zero-order valence-electron chi connectivity index (χ0n) is 12.1. The summed E-state index contributed by atoms with van der Waals surface area (Å²) in [6, 6.07) is 9.45. The lowest BCUT2D eigenvalue weighted by atomic mass is 10.0. The number of likely N-dealkylation sites (tertiary alicyclic amines) is 1. The molecular formula is C16H19N3O2. The molecule has 1 aromatic carbocycles. The van der Waals surface area contributed by atoms with Crippen LogP contribution >= 0.6 is 0 Å². The number of nitriles is 1. The van der Waals surface area contributed by atoms with Crippen molar-refractivity contribution in [2.75, 3.05) is 13.1 Å². The van der Waals surface area contributed by atoms with Crippen LogP contribution in [-0.4, -0.2) is 35.8 Å². The molecule has 5 nitrogen and oxygen atoms in total. The SMILES string of the molecule is Cc1ccccc1C(=O)NC1CCN(C(=O)CC#N)CC1. The molecule has 0 atom stereocenters. The molecule has 1 N–H and O–H groups in total. The van der Waals surface area contributed by atoms with Gasteiger partial charge in [-0.25, -0.2) is 0 Å². The highest BCUT2D eigenvalue weighted by Crippen LogP contribution is 2.13. The number of nitrogens with zero attached hydrogens (tertiary/aromatic N) is 2. The van der Waals surface area contributed by atoms with Gasteiger partial charge in [0.05, 0.1) is 6.07 Å². The summed E-state index contributed by atoms with van der Waals surface area (Å²) < 4.78 is 0. The maximum Gasteiger partial charge on any atom is 0.251 e. The van der Waals surface area contributed by atoms with Gasteiger partial charge in [0.25, 0.3) is 5.91 Å². The highest BCUT2D eigenvalue weighted by Gasteiger charge is 2.24. The molecule has 1 fully saturated rings. The van der Waals surface area contributed by atoms with Gasteiger partial charge in [-0.2, -0.15) is 5.26 Å². The van der Waals surface area contributed by atoms with Crippen molar-refractivity contribution in [3.05, 3.63) is 35.4 Å². The number of piperidine rings is 1. The van der Waals surface area contributed by atoms with Crippen LogP contribution in [0.2, 0.25) is 0 Å². The molecule has 0 saturated carbocycles. The lowest BCUT2D eigenvalue weighted by molar-refractivity contribution is -0.131. The van der Waals surface area contributed by atoms with Gasteiger partial charge in [0.2, 0.25) is 5.91 Å². The summed E-state index contributed by atoms with van der Waals surface area (Å²) >= 11 is 0. The number of amides is 2. The van der Waals surface area contributed by atoms with Crippen LogP contribution in [0.3, 0.4) is 0 Å². The van der Waals surface area contributed by atoms with Crippen LogP contribution in [0.15, 0.2) is 24.3 Å². The van der Waals surface area contributed by atoms with Crippen LogP contribution in [0.4, 0.5) is 0 Å².